The molecule has 0 fully saturated rings. The maximum atomic E-state index is 12.9. The Morgan fingerprint density at radius 2 is 0.476 bits per heavy atom. The molecule has 0 rings (SSSR count). The minimum absolute atomic E-state index is 0.0924. The summed E-state index contributed by atoms with van der Waals surface area (Å²) < 4.78 is 16.9. The van der Waals surface area contributed by atoms with Gasteiger partial charge in [-0.1, -0.05) is 302 Å². The number of rotatable bonds is 61. The number of esters is 3. The van der Waals surface area contributed by atoms with E-state index in [2.05, 4.69) is 154 Å². The van der Waals surface area contributed by atoms with E-state index < -0.39 is 6.10 Å². The highest BCUT2D eigenvalue weighted by molar-refractivity contribution is 5.71. The summed E-state index contributed by atoms with van der Waals surface area (Å²) in [5.41, 5.74) is 0. The van der Waals surface area contributed by atoms with Gasteiger partial charge >= 0.3 is 17.9 Å². The van der Waals surface area contributed by atoms with E-state index in [4.69, 9.17) is 14.2 Å². The Morgan fingerprint density at radius 3 is 0.768 bits per heavy atom. The van der Waals surface area contributed by atoms with Crippen molar-refractivity contribution in [1.82, 2.24) is 0 Å². The van der Waals surface area contributed by atoms with Gasteiger partial charge in [-0.05, 0) is 122 Å². The summed E-state index contributed by atoms with van der Waals surface area (Å²) in [6.45, 7) is 6.50. The lowest BCUT2D eigenvalue weighted by Crippen LogP contribution is -2.30. The Kier molecular flexibility index (Phi) is 65.3. The molecule has 1 atom stereocenters. The zero-order valence-corrected chi connectivity index (χ0v) is 53.5. The molecule has 0 aromatic carbocycles. The summed E-state index contributed by atoms with van der Waals surface area (Å²) in [5.74, 6) is -0.927. The van der Waals surface area contributed by atoms with Crippen LogP contribution in [0.1, 0.15) is 310 Å². The van der Waals surface area contributed by atoms with E-state index in [0.29, 0.717) is 19.3 Å². The van der Waals surface area contributed by atoms with Crippen molar-refractivity contribution in [3.05, 3.63) is 134 Å². The summed E-state index contributed by atoms with van der Waals surface area (Å²) in [6.07, 6.45) is 97.4. The standard InChI is InChI=1S/C76H126O6/c1-4-7-10-13-16-19-22-25-28-30-32-33-34-35-36-37-38-39-40-41-42-43-44-46-48-51-54-57-60-63-66-69-75(78)81-72-73(71-80-74(77)68-65-62-59-56-53-50-47-27-24-21-18-15-12-9-6-3)82-76(79)70-67-64-61-58-55-52-49-45-31-29-26-23-20-17-14-11-8-5-2/h7,10,16,19-20,23,25,28-29,31-33,35-36,38-39,41-42,44,46,51,54,73H,4-6,8-9,11-15,17-18,21-22,24,26-27,30,34,37,40,43,45,47-50,52-53,55-72H2,1-3H3/b10-7-,19-16-,23-20-,28-25-,31-29-,33-32-,36-35-,39-38-,42-41-,46-44-,54-51-. The fraction of sp³-hybridized carbons (Fsp3) is 0.671. The molecule has 0 radical (unpaired) electrons. The lowest BCUT2D eigenvalue weighted by atomic mass is 10.0. The van der Waals surface area contributed by atoms with E-state index in [1.807, 2.05) is 0 Å². The molecule has 0 aliphatic carbocycles. The highest BCUT2D eigenvalue weighted by Crippen LogP contribution is 2.16. The molecular formula is C76H126O6. The predicted molar refractivity (Wildman–Crippen MR) is 357 cm³/mol. The topological polar surface area (TPSA) is 78.9 Å². The molecule has 0 amide bonds. The summed E-state index contributed by atoms with van der Waals surface area (Å²) in [6, 6.07) is 0. The molecule has 0 heterocycles. The maximum absolute atomic E-state index is 12.9. The molecule has 0 aromatic rings. The molecule has 0 aromatic heterocycles. The van der Waals surface area contributed by atoms with Crippen molar-refractivity contribution >= 4 is 17.9 Å². The van der Waals surface area contributed by atoms with Gasteiger partial charge in [0.2, 0.25) is 0 Å². The Morgan fingerprint density at radius 1 is 0.256 bits per heavy atom. The highest BCUT2D eigenvalue weighted by Gasteiger charge is 2.19. The van der Waals surface area contributed by atoms with Gasteiger partial charge in [0.1, 0.15) is 13.2 Å². The van der Waals surface area contributed by atoms with Crippen molar-refractivity contribution in [1.29, 1.82) is 0 Å². The van der Waals surface area contributed by atoms with Crippen molar-refractivity contribution < 1.29 is 28.6 Å². The Balaban J connectivity index is 4.41. The number of allylic oxidation sites excluding steroid dienone is 22. The normalized spacial score (nSPS) is 13.0. The van der Waals surface area contributed by atoms with Crippen LogP contribution in [0.3, 0.4) is 0 Å². The molecule has 0 saturated carbocycles. The first-order chi connectivity index (χ1) is 40.5. The second kappa shape index (κ2) is 69.0. The number of hydrogen-bond acceptors (Lipinski definition) is 6. The van der Waals surface area contributed by atoms with Crippen molar-refractivity contribution in [2.45, 2.75) is 316 Å². The molecular weight excluding hydrogens is 1010 g/mol. The van der Waals surface area contributed by atoms with Crippen molar-refractivity contribution in [2.75, 3.05) is 13.2 Å². The van der Waals surface area contributed by atoms with Crippen LogP contribution in [0.5, 0.6) is 0 Å². The van der Waals surface area contributed by atoms with E-state index in [1.54, 1.807) is 0 Å². The molecule has 0 N–H and O–H groups in total. The van der Waals surface area contributed by atoms with Gasteiger partial charge in [-0.15, -0.1) is 0 Å². The second-order valence-corrected chi connectivity index (χ2v) is 22.4. The van der Waals surface area contributed by atoms with Gasteiger partial charge in [0.25, 0.3) is 0 Å². The maximum Gasteiger partial charge on any atom is 0.306 e. The molecule has 0 aliphatic rings. The van der Waals surface area contributed by atoms with Gasteiger partial charge in [0.05, 0.1) is 0 Å². The van der Waals surface area contributed by atoms with Gasteiger partial charge in [0, 0.05) is 19.3 Å². The molecule has 1 unspecified atom stereocenters. The average molecular weight is 1140 g/mol. The van der Waals surface area contributed by atoms with Crippen LogP contribution in [0.25, 0.3) is 0 Å². The smallest absolute Gasteiger partial charge is 0.306 e. The van der Waals surface area contributed by atoms with E-state index in [1.165, 1.54) is 135 Å². The Bertz CT molecular complexity index is 1730. The van der Waals surface area contributed by atoms with Crippen LogP contribution in [0.15, 0.2) is 134 Å². The third-order valence-corrected chi connectivity index (χ3v) is 14.4. The van der Waals surface area contributed by atoms with Gasteiger partial charge in [-0.2, -0.15) is 0 Å². The first kappa shape index (κ1) is 77.5. The molecule has 0 spiro atoms. The predicted octanol–water partition coefficient (Wildman–Crippen LogP) is 23.7. The lowest BCUT2D eigenvalue weighted by Gasteiger charge is -2.18. The Labute approximate surface area is 506 Å². The van der Waals surface area contributed by atoms with Crippen LogP contribution in [0.2, 0.25) is 0 Å². The SMILES string of the molecule is CC/C=C\C/C=C\C/C=C\C/C=C\C/C=C\C/C=C\C/C=C\C/C=C\C/C=C\CCCCCC(=O)OCC(COC(=O)CCCCCCCCCCCCCCCCC)OC(=O)CCCCCCCCC/C=C\C/C=C\CCCCCC. The minimum Gasteiger partial charge on any atom is -0.462 e. The zero-order valence-electron chi connectivity index (χ0n) is 53.5. The second-order valence-electron chi connectivity index (χ2n) is 22.4. The van der Waals surface area contributed by atoms with E-state index in [-0.39, 0.29) is 31.1 Å². The minimum atomic E-state index is -0.800. The average Bonchev–Trinajstić information content (AvgIpc) is 3.47. The first-order valence-electron chi connectivity index (χ1n) is 34.2. The number of unbranched alkanes of at least 4 members (excludes halogenated alkanes) is 28. The van der Waals surface area contributed by atoms with Gasteiger partial charge < -0.3 is 14.2 Å². The fourth-order valence-corrected chi connectivity index (χ4v) is 9.29. The van der Waals surface area contributed by atoms with Crippen molar-refractivity contribution in [3.63, 3.8) is 0 Å². The van der Waals surface area contributed by atoms with Crippen LogP contribution >= 0.6 is 0 Å². The van der Waals surface area contributed by atoms with Gasteiger partial charge in [-0.3, -0.25) is 14.4 Å². The third-order valence-electron chi connectivity index (χ3n) is 14.4. The van der Waals surface area contributed by atoms with Crippen LogP contribution in [0, 0.1) is 0 Å². The molecule has 466 valence electrons. The quantitative estimate of drug-likeness (QED) is 0.0261. The molecule has 82 heavy (non-hydrogen) atoms. The molecule has 6 heteroatoms. The molecule has 0 bridgehead atoms. The van der Waals surface area contributed by atoms with Crippen LogP contribution in [0.4, 0.5) is 0 Å². The monoisotopic (exact) mass is 1130 g/mol. The van der Waals surface area contributed by atoms with E-state index in [9.17, 15) is 14.4 Å². The zero-order chi connectivity index (χ0) is 59.2. The van der Waals surface area contributed by atoms with Crippen LogP contribution < -0.4 is 0 Å². The van der Waals surface area contributed by atoms with Gasteiger partial charge in [-0.25, -0.2) is 0 Å². The van der Waals surface area contributed by atoms with Gasteiger partial charge in [0.15, 0.2) is 6.10 Å². The molecule has 0 saturated heterocycles. The van der Waals surface area contributed by atoms with Crippen LogP contribution in [-0.2, 0) is 28.6 Å². The third kappa shape index (κ3) is 66.4. The number of carbonyl (C=O) groups is 3. The van der Waals surface area contributed by atoms with Crippen molar-refractivity contribution in [3.8, 4) is 0 Å². The van der Waals surface area contributed by atoms with E-state index >= 15 is 0 Å². The summed E-state index contributed by atoms with van der Waals surface area (Å²) >= 11 is 0. The number of ether oxygens (including phenoxy) is 3. The largest absolute Gasteiger partial charge is 0.462 e. The molecule has 0 aliphatic heterocycles. The molecule has 6 nitrogen and oxygen atoms in total. The highest BCUT2D eigenvalue weighted by atomic mass is 16.6. The summed E-state index contributed by atoms with van der Waals surface area (Å²) in [5, 5.41) is 0. The number of hydrogen-bond donors (Lipinski definition) is 0. The Hall–Kier alpha value is -4.45. The first-order valence-corrected chi connectivity index (χ1v) is 34.2. The van der Waals surface area contributed by atoms with Crippen molar-refractivity contribution in [2.24, 2.45) is 0 Å². The van der Waals surface area contributed by atoms with E-state index in [0.717, 1.165) is 135 Å². The lowest BCUT2D eigenvalue weighted by molar-refractivity contribution is -0.167. The van der Waals surface area contributed by atoms with Crippen LogP contribution in [-0.4, -0.2) is 37.2 Å². The number of carbonyl (C=O) groups excluding carboxylic acids is 3. The summed E-state index contributed by atoms with van der Waals surface area (Å²) in [7, 11) is 0. The summed E-state index contributed by atoms with van der Waals surface area (Å²) in [4.78, 5) is 38.4. The fourth-order valence-electron chi connectivity index (χ4n) is 9.29.